The van der Waals surface area contributed by atoms with Crippen LogP contribution in [0.1, 0.15) is 18.1 Å². The molecule has 1 heterocycles. The minimum Gasteiger partial charge on any atom is -0.268 e. The van der Waals surface area contributed by atoms with Crippen LogP contribution in [0.3, 0.4) is 0 Å². The predicted octanol–water partition coefficient (Wildman–Crippen LogP) is 2.46. The Morgan fingerprint density at radius 3 is 2.47 bits per heavy atom. The van der Waals surface area contributed by atoms with Crippen LogP contribution in [0.4, 0.5) is 0 Å². The molecule has 0 saturated heterocycles. The first-order valence-corrected chi connectivity index (χ1v) is 6.57. The Morgan fingerprint density at radius 1 is 1.24 bits per heavy atom. The largest absolute Gasteiger partial charge is 0.268 e. The molecular formula is C13H13IN2O. The van der Waals surface area contributed by atoms with Crippen LogP contribution in [0.15, 0.2) is 41.3 Å². The molecule has 0 unspecified atom stereocenters. The lowest BCUT2D eigenvalue weighted by Gasteiger charge is -2.05. The highest BCUT2D eigenvalue weighted by Crippen LogP contribution is 2.06. The average Bonchev–Trinajstić information content (AvgIpc) is 2.34. The first-order chi connectivity index (χ1) is 8.19. The maximum Gasteiger partial charge on any atom is 0.268 e. The van der Waals surface area contributed by atoms with Gasteiger partial charge < -0.3 is 0 Å². The fraction of sp³-hybridized carbons (Fsp3) is 0.231. The Balaban J connectivity index is 2.22. The monoisotopic (exact) mass is 340 g/mol. The van der Waals surface area contributed by atoms with Crippen LogP contribution >= 0.6 is 22.6 Å². The highest BCUT2D eigenvalue weighted by molar-refractivity contribution is 14.1. The van der Waals surface area contributed by atoms with Crippen molar-refractivity contribution in [2.45, 2.75) is 19.9 Å². The number of hydrogen-bond donors (Lipinski definition) is 0. The van der Waals surface area contributed by atoms with Gasteiger partial charge in [-0.05, 0) is 40.1 Å². The van der Waals surface area contributed by atoms with Gasteiger partial charge in [0.25, 0.3) is 5.56 Å². The molecule has 0 aliphatic rings. The third-order valence-electron chi connectivity index (χ3n) is 2.60. The fourth-order valence-corrected chi connectivity index (χ4v) is 1.97. The first-order valence-electron chi connectivity index (χ1n) is 5.49. The van der Waals surface area contributed by atoms with E-state index in [1.54, 1.807) is 12.3 Å². The maximum absolute atomic E-state index is 11.7. The van der Waals surface area contributed by atoms with Crippen molar-refractivity contribution in [3.63, 3.8) is 0 Å². The summed E-state index contributed by atoms with van der Waals surface area (Å²) in [6.45, 7) is 2.65. The van der Waals surface area contributed by atoms with Crippen LogP contribution in [0.25, 0.3) is 0 Å². The molecule has 0 aliphatic carbocycles. The van der Waals surface area contributed by atoms with E-state index in [2.05, 4.69) is 46.7 Å². The van der Waals surface area contributed by atoms with Crippen LogP contribution in [0.5, 0.6) is 0 Å². The fourth-order valence-electron chi connectivity index (χ4n) is 1.58. The zero-order chi connectivity index (χ0) is 12.3. The summed E-state index contributed by atoms with van der Waals surface area (Å²) in [7, 11) is 0. The van der Waals surface area contributed by atoms with Crippen LogP contribution in [-0.4, -0.2) is 9.78 Å². The molecule has 0 N–H and O–H groups in total. The molecule has 0 atom stereocenters. The van der Waals surface area contributed by atoms with E-state index in [0.717, 1.165) is 15.6 Å². The van der Waals surface area contributed by atoms with Crippen molar-refractivity contribution in [2.24, 2.45) is 0 Å². The molecule has 0 saturated carbocycles. The summed E-state index contributed by atoms with van der Waals surface area (Å²) >= 11 is 2.09. The molecule has 0 radical (unpaired) electrons. The Bertz CT molecular complexity index is 560. The number of halogens is 1. The third-order valence-corrected chi connectivity index (χ3v) is 3.19. The van der Waals surface area contributed by atoms with Gasteiger partial charge in [-0.25, -0.2) is 4.68 Å². The number of nitrogens with zero attached hydrogens (tertiary/aromatic N) is 2. The molecule has 88 valence electrons. The van der Waals surface area contributed by atoms with Crippen LogP contribution in [0.2, 0.25) is 0 Å². The van der Waals surface area contributed by atoms with Gasteiger partial charge in [-0.1, -0.05) is 31.2 Å². The minimum atomic E-state index is -0.0588. The number of rotatable bonds is 3. The summed E-state index contributed by atoms with van der Waals surface area (Å²) in [4.78, 5) is 11.7. The van der Waals surface area contributed by atoms with E-state index in [0.29, 0.717) is 6.54 Å². The zero-order valence-corrected chi connectivity index (χ0v) is 11.7. The van der Waals surface area contributed by atoms with Gasteiger partial charge >= 0.3 is 0 Å². The summed E-state index contributed by atoms with van der Waals surface area (Å²) < 4.78 is 2.34. The van der Waals surface area contributed by atoms with E-state index in [9.17, 15) is 4.79 Å². The van der Waals surface area contributed by atoms with Gasteiger partial charge in [0.1, 0.15) is 0 Å². The number of aromatic nitrogens is 2. The van der Waals surface area contributed by atoms with Crippen molar-refractivity contribution in [1.29, 1.82) is 0 Å². The van der Waals surface area contributed by atoms with Crippen LogP contribution < -0.4 is 5.56 Å². The van der Waals surface area contributed by atoms with Gasteiger partial charge in [0.15, 0.2) is 0 Å². The van der Waals surface area contributed by atoms with E-state index < -0.39 is 0 Å². The molecule has 4 heteroatoms. The summed E-state index contributed by atoms with van der Waals surface area (Å²) in [5.74, 6) is 0. The van der Waals surface area contributed by atoms with Gasteiger partial charge in [0, 0.05) is 9.64 Å². The van der Waals surface area contributed by atoms with Gasteiger partial charge in [0.2, 0.25) is 0 Å². The second kappa shape index (κ2) is 5.44. The van der Waals surface area contributed by atoms with Crippen molar-refractivity contribution in [2.75, 3.05) is 0 Å². The molecule has 1 aromatic carbocycles. The summed E-state index contributed by atoms with van der Waals surface area (Å²) in [6, 6.07) is 9.87. The van der Waals surface area contributed by atoms with Crippen molar-refractivity contribution >= 4 is 22.6 Å². The van der Waals surface area contributed by atoms with E-state index >= 15 is 0 Å². The second-order valence-electron chi connectivity index (χ2n) is 3.84. The molecule has 3 nitrogen and oxygen atoms in total. The summed E-state index contributed by atoms with van der Waals surface area (Å²) in [5, 5.41) is 4.11. The molecule has 0 aliphatic heterocycles. The average molecular weight is 340 g/mol. The van der Waals surface area contributed by atoms with Gasteiger partial charge in [-0.3, -0.25) is 4.79 Å². The molecule has 0 spiro atoms. The Morgan fingerprint density at radius 2 is 1.88 bits per heavy atom. The highest BCUT2D eigenvalue weighted by atomic mass is 127. The minimum absolute atomic E-state index is 0.0588. The SMILES string of the molecule is CCc1ccc(Cn2ncc(I)cc2=O)cc1. The molecule has 0 amide bonds. The summed E-state index contributed by atoms with van der Waals surface area (Å²) in [6.07, 6.45) is 2.73. The molecule has 0 fully saturated rings. The van der Waals surface area contributed by atoms with E-state index in [4.69, 9.17) is 0 Å². The Kier molecular flexibility index (Phi) is 3.93. The van der Waals surface area contributed by atoms with Crippen molar-refractivity contribution in [1.82, 2.24) is 9.78 Å². The smallest absolute Gasteiger partial charge is 0.268 e. The Hall–Kier alpha value is -1.17. The van der Waals surface area contributed by atoms with E-state index in [1.807, 2.05) is 12.1 Å². The first kappa shape index (κ1) is 12.3. The van der Waals surface area contributed by atoms with Crippen molar-refractivity contribution in [3.8, 4) is 0 Å². The predicted molar refractivity (Wildman–Crippen MR) is 76.1 cm³/mol. The molecule has 0 bridgehead atoms. The molecule has 17 heavy (non-hydrogen) atoms. The molecular weight excluding hydrogens is 327 g/mol. The van der Waals surface area contributed by atoms with E-state index in [-0.39, 0.29) is 5.56 Å². The van der Waals surface area contributed by atoms with Crippen LogP contribution in [-0.2, 0) is 13.0 Å². The van der Waals surface area contributed by atoms with E-state index in [1.165, 1.54) is 10.2 Å². The quantitative estimate of drug-likeness (QED) is 0.805. The lowest BCUT2D eigenvalue weighted by molar-refractivity contribution is 0.636. The van der Waals surface area contributed by atoms with Crippen molar-refractivity contribution in [3.05, 3.63) is 61.6 Å². The highest BCUT2D eigenvalue weighted by Gasteiger charge is 2.00. The van der Waals surface area contributed by atoms with Gasteiger partial charge in [0.05, 0.1) is 12.7 Å². The number of benzene rings is 1. The van der Waals surface area contributed by atoms with Crippen LogP contribution in [0, 0.1) is 3.57 Å². The topological polar surface area (TPSA) is 34.9 Å². The van der Waals surface area contributed by atoms with Crippen molar-refractivity contribution < 1.29 is 0 Å². The second-order valence-corrected chi connectivity index (χ2v) is 5.09. The summed E-state index contributed by atoms with van der Waals surface area (Å²) in [5.41, 5.74) is 2.34. The number of hydrogen-bond acceptors (Lipinski definition) is 2. The standard InChI is InChI=1S/C13H13IN2O/c1-2-10-3-5-11(6-4-10)9-16-13(17)7-12(14)8-15-16/h3-8H,2,9H2,1H3. The van der Waals surface area contributed by atoms with Gasteiger partial charge in [-0.15, -0.1) is 0 Å². The molecule has 2 rings (SSSR count). The molecule has 1 aromatic heterocycles. The number of aryl methyl sites for hydroxylation is 1. The normalized spacial score (nSPS) is 10.5. The maximum atomic E-state index is 11.7. The zero-order valence-electron chi connectivity index (χ0n) is 9.56. The Labute approximate surface area is 114 Å². The third kappa shape index (κ3) is 3.15. The van der Waals surface area contributed by atoms with Gasteiger partial charge in [-0.2, -0.15) is 5.10 Å². The lowest BCUT2D eigenvalue weighted by Crippen LogP contribution is -2.22. The molecule has 2 aromatic rings. The lowest BCUT2D eigenvalue weighted by atomic mass is 10.1.